The van der Waals surface area contributed by atoms with Crippen molar-refractivity contribution in [2.75, 3.05) is 11.9 Å². The average molecular weight is 305 g/mol. The smallest absolute Gasteiger partial charge is 0.293 e. The third kappa shape index (κ3) is 3.51. The third-order valence-electron chi connectivity index (χ3n) is 3.82. The average Bonchev–Trinajstić information content (AvgIpc) is 3.13. The van der Waals surface area contributed by atoms with Crippen molar-refractivity contribution in [1.29, 1.82) is 0 Å². The van der Waals surface area contributed by atoms with Crippen molar-refractivity contribution in [3.63, 3.8) is 0 Å². The maximum Gasteiger partial charge on any atom is 0.293 e. The van der Waals surface area contributed by atoms with E-state index in [0.717, 1.165) is 13.1 Å². The van der Waals surface area contributed by atoms with Crippen molar-refractivity contribution in [1.82, 2.24) is 9.88 Å². The molecule has 1 atom stereocenters. The minimum Gasteiger partial charge on any atom is -0.459 e. The Balaban J connectivity index is 1.59. The van der Waals surface area contributed by atoms with Gasteiger partial charge in [0, 0.05) is 23.7 Å². The molecule has 5 nitrogen and oxygen atoms in total. The van der Waals surface area contributed by atoms with Gasteiger partial charge in [0.05, 0.1) is 6.26 Å². The number of thiazole rings is 1. The molecule has 1 amide bonds. The molecule has 0 aromatic carbocycles. The van der Waals surface area contributed by atoms with Crippen LogP contribution < -0.4 is 5.32 Å². The molecule has 2 aromatic rings. The highest BCUT2D eigenvalue weighted by Crippen LogP contribution is 2.24. The molecule has 1 saturated heterocycles. The van der Waals surface area contributed by atoms with Crippen molar-refractivity contribution in [2.24, 2.45) is 0 Å². The summed E-state index contributed by atoms with van der Waals surface area (Å²) in [6.07, 6.45) is 7.20. The van der Waals surface area contributed by atoms with Gasteiger partial charge in [-0.25, -0.2) is 4.98 Å². The van der Waals surface area contributed by atoms with Crippen LogP contribution in [-0.4, -0.2) is 28.4 Å². The van der Waals surface area contributed by atoms with Crippen molar-refractivity contribution >= 4 is 22.4 Å². The highest BCUT2D eigenvalue weighted by atomic mass is 32.1. The molecular weight excluding hydrogens is 286 g/mol. The summed E-state index contributed by atoms with van der Waals surface area (Å²) in [5, 5.41) is 3.39. The van der Waals surface area contributed by atoms with Crippen molar-refractivity contribution in [3.05, 3.63) is 35.2 Å². The number of furan rings is 1. The zero-order chi connectivity index (χ0) is 14.7. The van der Waals surface area contributed by atoms with Gasteiger partial charge in [0.15, 0.2) is 10.9 Å². The molecule has 21 heavy (non-hydrogen) atoms. The van der Waals surface area contributed by atoms with Gasteiger partial charge >= 0.3 is 0 Å². The Hall–Kier alpha value is -1.66. The molecule has 3 rings (SSSR count). The summed E-state index contributed by atoms with van der Waals surface area (Å²) in [4.78, 5) is 19.8. The van der Waals surface area contributed by atoms with Gasteiger partial charge in [0.2, 0.25) is 0 Å². The van der Waals surface area contributed by atoms with E-state index in [9.17, 15) is 4.79 Å². The maximum atomic E-state index is 11.9. The molecule has 2 aromatic heterocycles. The molecule has 0 bridgehead atoms. The summed E-state index contributed by atoms with van der Waals surface area (Å²) in [5.41, 5.74) is 0. The highest BCUT2D eigenvalue weighted by Gasteiger charge is 2.19. The van der Waals surface area contributed by atoms with Crippen LogP contribution in [-0.2, 0) is 6.54 Å². The molecule has 6 heteroatoms. The van der Waals surface area contributed by atoms with Crippen LogP contribution in [0.1, 0.15) is 41.6 Å². The number of likely N-dealkylation sites (tertiary alicyclic amines) is 1. The fourth-order valence-electron chi connectivity index (χ4n) is 2.60. The number of hydrogen-bond acceptors (Lipinski definition) is 5. The Bertz CT molecular complexity index is 594. The number of nitrogens with zero attached hydrogens (tertiary/aromatic N) is 2. The SMILES string of the molecule is CC1CCCCN1Cc1cnc(NC(=O)c2ccco2)s1. The quantitative estimate of drug-likeness (QED) is 0.941. The van der Waals surface area contributed by atoms with Crippen molar-refractivity contribution in [2.45, 2.75) is 38.8 Å². The molecule has 3 heterocycles. The van der Waals surface area contributed by atoms with Crippen LogP contribution in [0.4, 0.5) is 5.13 Å². The Morgan fingerprint density at radius 2 is 2.48 bits per heavy atom. The van der Waals surface area contributed by atoms with Crippen LogP contribution in [0.15, 0.2) is 29.0 Å². The fraction of sp³-hybridized carbons (Fsp3) is 0.467. The van der Waals surface area contributed by atoms with E-state index in [-0.39, 0.29) is 5.91 Å². The number of anilines is 1. The number of rotatable bonds is 4. The lowest BCUT2D eigenvalue weighted by Crippen LogP contribution is -2.36. The summed E-state index contributed by atoms with van der Waals surface area (Å²) in [5.74, 6) is 0.0450. The number of amides is 1. The Labute approximate surface area is 128 Å². The number of hydrogen-bond donors (Lipinski definition) is 1. The first kappa shape index (κ1) is 14.3. The molecule has 1 N–H and O–H groups in total. The fourth-order valence-corrected chi connectivity index (χ4v) is 3.43. The number of aromatic nitrogens is 1. The largest absolute Gasteiger partial charge is 0.459 e. The first-order valence-electron chi connectivity index (χ1n) is 7.26. The molecule has 1 unspecified atom stereocenters. The van der Waals surface area contributed by atoms with Gasteiger partial charge in [0.1, 0.15) is 0 Å². The van der Waals surface area contributed by atoms with Crippen LogP contribution in [0, 0.1) is 0 Å². The van der Waals surface area contributed by atoms with Gasteiger partial charge in [-0.2, -0.15) is 0 Å². The Morgan fingerprint density at radius 1 is 1.57 bits per heavy atom. The predicted octanol–water partition coefficient (Wildman–Crippen LogP) is 3.36. The van der Waals surface area contributed by atoms with E-state index >= 15 is 0 Å². The molecule has 1 fully saturated rings. The van der Waals surface area contributed by atoms with E-state index in [1.165, 1.54) is 41.7 Å². The summed E-state index contributed by atoms with van der Waals surface area (Å²) in [7, 11) is 0. The topological polar surface area (TPSA) is 58.4 Å². The van der Waals surface area contributed by atoms with Gasteiger partial charge in [-0.05, 0) is 38.4 Å². The third-order valence-corrected chi connectivity index (χ3v) is 4.72. The molecule has 1 aliphatic heterocycles. The van der Waals surface area contributed by atoms with Crippen molar-refractivity contribution < 1.29 is 9.21 Å². The molecule has 0 radical (unpaired) electrons. The van der Waals surface area contributed by atoms with Gasteiger partial charge in [-0.1, -0.05) is 6.42 Å². The van der Waals surface area contributed by atoms with Gasteiger partial charge in [-0.15, -0.1) is 11.3 Å². The predicted molar refractivity (Wildman–Crippen MR) is 82.5 cm³/mol. The second-order valence-electron chi connectivity index (χ2n) is 5.38. The van der Waals surface area contributed by atoms with Crippen LogP contribution in [0.5, 0.6) is 0 Å². The molecule has 0 saturated carbocycles. The van der Waals surface area contributed by atoms with Gasteiger partial charge in [0.25, 0.3) is 5.91 Å². The maximum absolute atomic E-state index is 11.9. The van der Waals surface area contributed by atoms with E-state index in [1.807, 2.05) is 6.20 Å². The number of carbonyl (C=O) groups is 1. The standard InChI is InChI=1S/C15H19N3O2S/c1-11-5-2-3-7-18(11)10-12-9-16-15(21-12)17-14(19)13-6-4-8-20-13/h4,6,8-9,11H,2-3,5,7,10H2,1H3,(H,16,17,19). The zero-order valence-electron chi connectivity index (χ0n) is 12.0. The first-order chi connectivity index (χ1) is 10.2. The molecule has 112 valence electrons. The van der Waals surface area contributed by atoms with Crippen molar-refractivity contribution in [3.8, 4) is 0 Å². The summed E-state index contributed by atoms with van der Waals surface area (Å²) >= 11 is 1.53. The lowest BCUT2D eigenvalue weighted by atomic mass is 10.0. The van der Waals surface area contributed by atoms with Crippen LogP contribution in [0.25, 0.3) is 0 Å². The second-order valence-corrected chi connectivity index (χ2v) is 6.49. The summed E-state index contributed by atoms with van der Waals surface area (Å²) < 4.78 is 5.07. The van der Waals surface area contributed by atoms with E-state index < -0.39 is 0 Å². The molecule has 1 aliphatic rings. The van der Waals surface area contributed by atoms with E-state index in [0.29, 0.717) is 16.9 Å². The normalized spacial score (nSPS) is 19.6. The number of nitrogens with one attached hydrogen (secondary N) is 1. The highest BCUT2D eigenvalue weighted by molar-refractivity contribution is 7.15. The summed E-state index contributed by atoms with van der Waals surface area (Å²) in [6, 6.07) is 3.96. The zero-order valence-corrected chi connectivity index (χ0v) is 12.9. The number of carbonyl (C=O) groups excluding carboxylic acids is 1. The van der Waals surface area contributed by atoms with E-state index in [2.05, 4.69) is 22.1 Å². The minimum absolute atomic E-state index is 0.257. The van der Waals surface area contributed by atoms with E-state index in [4.69, 9.17) is 4.42 Å². The van der Waals surface area contributed by atoms with E-state index in [1.54, 1.807) is 12.1 Å². The van der Waals surface area contributed by atoms with Crippen LogP contribution >= 0.6 is 11.3 Å². The molecule has 0 spiro atoms. The summed E-state index contributed by atoms with van der Waals surface area (Å²) in [6.45, 7) is 4.34. The second kappa shape index (κ2) is 6.41. The lowest BCUT2D eigenvalue weighted by molar-refractivity contribution is 0.0996. The lowest BCUT2D eigenvalue weighted by Gasteiger charge is -2.32. The van der Waals surface area contributed by atoms with Crippen LogP contribution in [0.3, 0.4) is 0 Å². The molecular formula is C15H19N3O2S. The Kier molecular flexibility index (Phi) is 4.36. The van der Waals surface area contributed by atoms with Crippen LogP contribution in [0.2, 0.25) is 0 Å². The monoisotopic (exact) mass is 305 g/mol. The first-order valence-corrected chi connectivity index (χ1v) is 8.07. The number of piperidine rings is 1. The van der Waals surface area contributed by atoms with Gasteiger partial charge in [-0.3, -0.25) is 15.0 Å². The minimum atomic E-state index is -0.257. The molecule has 0 aliphatic carbocycles. The Morgan fingerprint density at radius 3 is 3.24 bits per heavy atom. The van der Waals surface area contributed by atoms with Gasteiger partial charge < -0.3 is 4.42 Å².